The van der Waals surface area contributed by atoms with Crippen molar-refractivity contribution in [1.29, 1.82) is 0 Å². The number of anilines is 4. The Labute approximate surface area is 176 Å². The van der Waals surface area contributed by atoms with E-state index in [1.807, 2.05) is 13.0 Å². The van der Waals surface area contributed by atoms with Crippen LogP contribution in [0.5, 0.6) is 5.88 Å². The van der Waals surface area contributed by atoms with E-state index in [2.05, 4.69) is 36.1 Å². The zero-order chi connectivity index (χ0) is 21.4. The van der Waals surface area contributed by atoms with Crippen LogP contribution in [-0.2, 0) is 0 Å². The number of H-pyrrole nitrogens is 2. The number of nitrogens with zero attached hydrogens (tertiary/aromatic N) is 2. The number of benzene rings is 1. The molecule has 1 amide bonds. The average Bonchev–Trinajstić information content (AvgIpc) is 3.24. The minimum atomic E-state index is -0.530. The van der Waals surface area contributed by atoms with E-state index in [-0.39, 0.29) is 5.56 Å². The highest BCUT2D eigenvalue weighted by molar-refractivity contribution is 6.08. The maximum absolute atomic E-state index is 13.0. The van der Waals surface area contributed by atoms with Crippen molar-refractivity contribution in [3.8, 4) is 5.88 Å². The highest BCUT2D eigenvalue weighted by Crippen LogP contribution is 2.34. The predicted octanol–water partition coefficient (Wildman–Crippen LogP) is 2.75. The lowest BCUT2D eigenvalue weighted by molar-refractivity contribution is 0.102. The first-order valence-electron chi connectivity index (χ1n) is 9.69. The summed E-state index contributed by atoms with van der Waals surface area (Å²) in [4.78, 5) is 32.4. The molecule has 31 heavy (non-hydrogen) atoms. The van der Waals surface area contributed by atoms with Gasteiger partial charge in [-0.1, -0.05) is 0 Å². The van der Waals surface area contributed by atoms with Gasteiger partial charge in [0.1, 0.15) is 17.9 Å². The van der Waals surface area contributed by atoms with Gasteiger partial charge in [-0.15, -0.1) is 0 Å². The van der Waals surface area contributed by atoms with Crippen LogP contribution in [0.2, 0.25) is 0 Å². The van der Waals surface area contributed by atoms with Gasteiger partial charge in [-0.2, -0.15) is 5.10 Å². The third kappa shape index (κ3) is 3.44. The van der Waals surface area contributed by atoms with Crippen LogP contribution in [-0.4, -0.2) is 39.2 Å². The van der Waals surface area contributed by atoms with Crippen molar-refractivity contribution in [2.75, 3.05) is 29.1 Å². The number of carbonyl (C=O) groups excluding carboxylic acids is 1. The van der Waals surface area contributed by atoms with Crippen LogP contribution in [0.3, 0.4) is 0 Å². The summed E-state index contributed by atoms with van der Waals surface area (Å²) in [6.45, 7) is 3.14. The van der Waals surface area contributed by atoms with Crippen LogP contribution in [0.1, 0.15) is 15.9 Å². The Bertz CT molecular complexity index is 1360. The molecule has 10 nitrogen and oxygen atoms in total. The van der Waals surface area contributed by atoms with E-state index in [1.165, 1.54) is 6.20 Å². The van der Waals surface area contributed by atoms with Crippen LogP contribution >= 0.6 is 0 Å². The van der Waals surface area contributed by atoms with Crippen LogP contribution in [0, 0.1) is 6.92 Å². The lowest BCUT2D eigenvalue weighted by Crippen LogP contribution is -2.25. The van der Waals surface area contributed by atoms with Crippen molar-refractivity contribution in [2.45, 2.75) is 6.92 Å². The molecule has 4 aromatic rings. The number of fused-ring (bicyclic) bond motifs is 2. The van der Waals surface area contributed by atoms with E-state index in [0.29, 0.717) is 36.1 Å². The smallest absolute Gasteiger partial charge is 0.263 e. The van der Waals surface area contributed by atoms with Crippen molar-refractivity contribution < 1.29 is 9.53 Å². The molecule has 0 radical (unpaired) electrons. The Morgan fingerprint density at radius 2 is 2.10 bits per heavy atom. The highest BCUT2D eigenvalue weighted by atomic mass is 16.5. The van der Waals surface area contributed by atoms with E-state index in [1.54, 1.807) is 30.6 Å². The monoisotopic (exact) mass is 417 g/mol. The Morgan fingerprint density at radius 1 is 1.19 bits per heavy atom. The molecule has 0 unspecified atom stereocenters. The van der Waals surface area contributed by atoms with Crippen molar-refractivity contribution in [3.63, 3.8) is 0 Å². The minimum absolute atomic E-state index is 0.0314. The molecule has 0 saturated heterocycles. The lowest BCUT2D eigenvalue weighted by atomic mass is 10.1. The summed E-state index contributed by atoms with van der Waals surface area (Å²) in [7, 11) is 0. The van der Waals surface area contributed by atoms with Crippen LogP contribution in [0.15, 0.2) is 47.7 Å². The van der Waals surface area contributed by atoms with E-state index in [4.69, 9.17) is 4.74 Å². The predicted molar refractivity (Wildman–Crippen MR) is 117 cm³/mol. The Hall–Kier alpha value is -4.34. The van der Waals surface area contributed by atoms with Gasteiger partial charge >= 0.3 is 0 Å². The maximum Gasteiger partial charge on any atom is 0.263 e. The average molecular weight is 417 g/mol. The summed E-state index contributed by atoms with van der Waals surface area (Å²) >= 11 is 0. The number of amides is 1. The number of rotatable bonds is 4. The van der Waals surface area contributed by atoms with E-state index >= 15 is 0 Å². The Morgan fingerprint density at radius 3 is 3.00 bits per heavy atom. The second-order valence-corrected chi connectivity index (χ2v) is 7.10. The number of aromatic amines is 2. The molecule has 0 aliphatic carbocycles. The molecule has 1 aromatic carbocycles. The number of carbonyl (C=O) groups is 1. The number of aromatic nitrogens is 4. The van der Waals surface area contributed by atoms with Gasteiger partial charge in [-0.05, 0) is 31.2 Å². The third-order valence-corrected chi connectivity index (χ3v) is 5.10. The molecular formula is C21H19N7O3. The maximum atomic E-state index is 13.0. The molecular weight excluding hydrogens is 398 g/mol. The van der Waals surface area contributed by atoms with Gasteiger partial charge in [-0.3, -0.25) is 14.7 Å². The van der Waals surface area contributed by atoms with Gasteiger partial charge in [0.25, 0.3) is 11.5 Å². The molecule has 0 bridgehead atoms. The fourth-order valence-corrected chi connectivity index (χ4v) is 3.51. The summed E-state index contributed by atoms with van der Waals surface area (Å²) in [6, 6.07) is 6.97. The lowest BCUT2D eigenvalue weighted by Gasteiger charge is -2.22. The van der Waals surface area contributed by atoms with Gasteiger partial charge in [0, 0.05) is 29.4 Å². The molecule has 0 fully saturated rings. The molecule has 0 spiro atoms. The van der Waals surface area contributed by atoms with Crippen molar-refractivity contribution in [2.24, 2.45) is 0 Å². The van der Waals surface area contributed by atoms with Crippen molar-refractivity contribution in [3.05, 3.63) is 64.3 Å². The van der Waals surface area contributed by atoms with Crippen LogP contribution in [0.25, 0.3) is 10.9 Å². The second-order valence-electron chi connectivity index (χ2n) is 7.10. The minimum Gasteiger partial charge on any atom is -0.474 e. The standard InChI is InChI=1S/C21H19N7O3/c1-11-16(10-24-21-18(11)22-6-7-31-21)27-15-4-5-23-19(29)17(15)20(30)26-13-2-3-14-12(8-13)9-25-28-14/h2-5,8-10,22H,6-7H2,1H3,(H,25,28)(H,26,30)(H2,23,27,29). The first-order valence-corrected chi connectivity index (χ1v) is 9.69. The van der Waals surface area contributed by atoms with Gasteiger partial charge in [0.15, 0.2) is 0 Å². The van der Waals surface area contributed by atoms with Gasteiger partial charge in [0.05, 0.1) is 29.3 Å². The van der Waals surface area contributed by atoms with E-state index in [0.717, 1.165) is 22.2 Å². The van der Waals surface area contributed by atoms with E-state index in [9.17, 15) is 9.59 Å². The second kappa shape index (κ2) is 7.48. The van der Waals surface area contributed by atoms with Crippen LogP contribution < -0.4 is 26.2 Å². The van der Waals surface area contributed by atoms with Gasteiger partial charge < -0.3 is 25.7 Å². The molecule has 1 aliphatic rings. The van der Waals surface area contributed by atoms with E-state index < -0.39 is 11.5 Å². The van der Waals surface area contributed by atoms with Crippen molar-refractivity contribution >= 4 is 39.6 Å². The molecule has 0 saturated carbocycles. The molecule has 3 aromatic heterocycles. The number of hydrogen-bond donors (Lipinski definition) is 5. The number of pyridine rings is 2. The quantitative estimate of drug-likeness (QED) is 0.344. The summed E-state index contributed by atoms with van der Waals surface area (Å²) < 4.78 is 5.55. The Balaban J connectivity index is 1.47. The van der Waals surface area contributed by atoms with Gasteiger partial charge in [-0.25, -0.2) is 4.98 Å². The topological polar surface area (TPSA) is 137 Å². The molecule has 5 rings (SSSR count). The summed E-state index contributed by atoms with van der Waals surface area (Å²) in [6.07, 6.45) is 4.77. The van der Waals surface area contributed by atoms with Gasteiger partial charge in [0.2, 0.25) is 5.88 Å². The number of hydrogen-bond acceptors (Lipinski definition) is 7. The highest BCUT2D eigenvalue weighted by Gasteiger charge is 2.20. The SMILES string of the molecule is Cc1c(Nc2cc[nH]c(=O)c2C(=O)Nc2ccc3[nH]ncc3c2)cnc2c1NCCO2. The zero-order valence-electron chi connectivity index (χ0n) is 16.6. The first-order chi connectivity index (χ1) is 15.1. The number of nitrogens with one attached hydrogen (secondary N) is 5. The molecule has 0 atom stereocenters. The first kappa shape index (κ1) is 18.7. The normalized spacial score (nSPS) is 12.5. The summed E-state index contributed by atoms with van der Waals surface area (Å²) in [5.74, 6) is 0.00467. The summed E-state index contributed by atoms with van der Waals surface area (Å²) in [5, 5.41) is 16.9. The molecule has 156 valence electrons. The molecule has 1 aliphatic heterocycles. The largest absolute Gasteiger partial charge is 0.474 e. The summed E-state index contributed by atoms with van der Waals surface area (Å²) in [5.41, 5.74) is 3.57. The van der Waals surface area contributed by atoms with Crippen LogP contribution in [0.4, 0.5) is 22.7 Å². The van der Waals surface area contributed by atoms with Crippen molar-refractivity contribution in [1.82, 2.24) is 20.2 Å². The fraction of sp³-hybridized carbons (Fsp3) is 0.143. The fourth-order valence-electron chi connectivity index (χ4n) is 3.51. The Kier molecular flexibility index (Phi) is 4.51. The third-order valence-electron chi connectivity index (χ3n) is 5.10. The zero-order valence-corrected chi connectivity index (χ0v) is 16.6. The molecule has 10 heteroatoms. The number of ether oxygens (including phenoxy) is 1. The molecule has 5 N–H and O–H groups in total. The molecule has 4 heterocycles.